The number of imidazole rings is 1. The zero-order valence-corrected chi connectivity index (χ0v) is 11.5. The number of fused-ring (bicyclic) bond motifs is 1. The summed E-state index contributed by atoms with van der Waals surface area (Å²) in [6.45, 7) is 5.23. The smallest absolute Gasteiger partial charge is 0.126 e. The summed E-state index contributed by atoms with van der Waals surface area (Å²) in [6.07, 6.45) is 0.974. The van der Waals surface area contributed by atoms with Gasteiger partial charge in [-0.1, -0.05) is 6.92 Å². The van der Waals surface area contributed by atoms with Crippen LogP contribution in [0.3, 0.4) is 0 Å². The van der Waals surface area contributed by atoms with E-state index in [0.717, 1.165) is 29.0 Å². The zero-order valence-electron chi connectivity index (χ0n) is 11.5. The minimum absolute atomic E-state index is 0.0687. The molecule has 104 valence electrons. The number of nitrogens with zero attached hydrogens (tertiary/aromatic N) is 2. The van der Waals surface area contributed by atoms with Crippen molar-refractivity contribution in [3.8, 4) is 5.75 Å². The average Bonchev–Trinajstić information content (AvgIpc) is 2.75. The van der Waals surface area contributed by atoms with Crippen molar-refractivity contribution in [2.75, 3.05) is 13.2 Å². The summed E-state index contributed by atoms with van der Waals surface area (Å²) in [6, 6.07) is 5.65. The molecule has 5 heteroatoms. The van der Waals surface area contributed by atoms with Crippen LogP contribution in [0.15, 0.2) is 18.2 Å². The Labute approximate surface area is 113 Å². The van der Waals surface area contributed by atoms with Gasteiger partial charge in [-0.25, -0.2) is 4.98 Å². The van der Waals surface area contributed by atoms with Gasteiger partial charge in [-0.3, -0.25) is 0 Å². The Hall–Kier alpha value is -1.59. The summed E-state index contributed by atoms with van der Waals surface area (Å²) in [7, 11) is 0. The lowest BCUT2D eigenvalue weighted by atomic mass is 10.3. The predicted molar refractivity (Wildman–Crippen MR) is 75.2 cm³/mol. The standard InChI is InChI=1S/C14H21N3O2/c1-3-8-19-11-4-5-13-12(9-11)16-14(10(2)15)17(13)6-7-18/h4-5,9-10,18H,3,6-8,15H2,1-2H3. The molecule has 3 N–H and O–H groups in total. The first kappa shape index (κ1) is 13.8. The molecule has 1 atom stereocenters. The summed E-state index contributed by atoms with van der Waals surface area (Å²) in [5, 5.41) is 9.16. The lowest BCUT2D eigenvalue weighted by Crippen LogP contribution is -2.14. The van der Waals surface area contributed by atoms with Crippen molar-refractivity contribution in [2.45, 2.75) is 32.9 Å². The Kier molecular flexibility index (Phi) is 4.39. The second-order valence-electron chi connectivity index (χ2n) is 4.63. The molecule has 1 aromatic carbocycles. The fourth-order valence-electron chi connectivity index (χ4n) is 2.12. The predicted octanol–water partition coefficient (Wildman–Crippen LogP) is 1.84. The van der Waals surface area contributed by atoms with Crippen LogP contribution in [0.1, 0.15) is 32.1 Å². The third-order valence-electron chi connectivity index (χ3n) is 2.95. The molecule has 1 heterocycles. The van der Waals surface area contributed by atoms with Crippen molar-refractivity contribution in [1.29, 1.82) is 0 Å². The van der Waals surface area contributed by atoms with E-state index in [1.807, 2.05) is 29.7 Å². The number of hydrogen-bond donors (Lipinski definition) is 2. The number of nitrogens with two attached hydrogens (primary N) is 1. The zero-order chi connectivity index (χ0) is 13.8. The Morgan fingerprint density at radius 3 is 2.89 bits per heavy atom. The van der Waals surface area contributed by atoms with Crippen LogP contribution in [0, 0.1) is 0 Å². The van der Waals surface area contributed by atoms with Crippen LogP contribution < -0.4 is 10.5 Å². The monoisotopic (exact) mass is 263 g/mol. The third kappa shape index (κ3) is 2.88. The molecular formula is C14H21N3O2. The molecule has 1 aromatic heterocycles. The molecule has 1 unspecified atom stereocenters. The SMILES string of the molecule is CCCOc1ccc2c(c1)nc(C(C)N)n2CCO. The van der Waals surface area contributed by atoms with E-state index in [0.29, 0.717) is 13.2 Å². The van der Waals surface area contributed by atoms with Crippen LogP contribution in [-0.4, -0.2) is 27.9 Å². The van der Waals surface area contributed by atoms with Crippen LogP contribution in [0.5, 0.6) is 5.75 Å². The lowest BCUT2D eigenvalue weighted by molar-refractivity contribution is 0.275. The first-order valence-electron chi connectivity index (χ1n) is 6.66. The van der Waals surface area contributed by atoms with Crippen molar-refractivity contribution >= 4 is 11.0 Å². The van der Waals surface area contributed by atoms with E-state index >= 15 is 0 Å². The Morgan fingerprint density at radius 2 is 2.26 bits per heavy atom. The van der Waals surface area contributed by atoms with Crippen LogP contribution in [0.25, 0.3) is 11.0 Å². The Balaban J connectivity index is 2.43. The van der Waals surface area contributed by atoms with Crippen LogP contribution in [0.2, 0.25) is 0 Å². The fraction of sp³-hybridized carbons (Fsp3) is 0.500. The van der Waals surface area contributed by atoms with Crippen LogP contribution >= 0.6 is 0 Å². The molecule has 0 bridgehead atoms. The second kappa shape index (κ2) is 6.04. The molecule has 0 radical (unpaired) electrons. The number of hydrogen-bond acceptors (Lipinski definition) is 4. The topological polar surface area (TPSA) is 73.3 Å². The van der Waals surface area contributed by atoms with E-state index in [-0.39, 0.29) is 12.6 Å². The molecule has 5 nitrogen and oxygen atoms in total. The molecule has 0 aliphatic heterocycles. The van der Waals surface area contributed by atoms with Gasteiger partial charge in [-0.2, -0.15) is 0 Å². The van der Waals surface area contributed by atoms with E-state index in [2.05, 4.69) is 11.9 Å². The largest absolute Gasteiger partial charge is 0.494 e. The minimum atomic E-state index is -0.168. The highest BCUT2D eigenvalue weighted by atomic mass is 16.5. The van der Waals surface area contributed by atoms with Gasteiger partial charge in [0.15, 0.2) is 0 Å². The molecule has 19 heavy (non-hydrogen) atoms. The quantitative estimate of drug-likeness (QED) is 0.834. The molecule has 2 aromatic rings. The highest BCUT2D eigenvalue weighted by Gasteiger charge is 2.14. The maximum Gasteiger partial charge on any atom is 0.126 e. The Morgan fingerprint density at radius 1 is 1.47 bits per heavy atom. The van der Waals surface area contributed by atoms with Gasteiger partial charge in [0.25, 0.3) is 0 Å². The molecule has 0 saturated heterocycles. The first-order chi connectivity index (χ1) is 9.17. The van der Waals surface area contributed by atoms with Crippen molar-refractivity contribution in [2.24, 2.45) is 5.73 Å². The fourth-order valence-corrected chi connectivity index (χ4v) is 2.12. The van der Waals surface area contributed by atoms with Gasteiger partial charge in [-0.05, 0) is 25.5 Å². The summed E-state index contributed by atoms with van der Waals surface area (Å²) < 4.78 is 7.56. The molecular weight excluding hydrogens is 242 g/mol. The van der Waals surface area contributed by atoms with E-state index in [9.17, 15) is 0 Å². The summed E-state index contributed by atoms with van der Waals surface area (Å²) >= 11 is 0. The van der Waals surface area contributed by atoms with E-state index < -0.39 is 0 Å². The van der Waals surface area contributed by atoms with Gasteiger partial charge < -0.3 is 20.1 Å². The molecule has 0 spiro atoms. The second-order valence-corrected chi connectivity index (χ2v) is 4.63. The molecule has 0 fully saturated rings. The number of aromatic nitrogens is 2. The van der Waals surface area contributed by atoms with Gasteiger partial charge in [0.2, 0.25) is 0 Å². The van der Waals surface area contributed by atoms with Crippen LogP contribution in [-0.2, 0) is 6.54 Å². The first-order valence-corrected chi connectivity index (χ1v) is 6.66. The number of benzene rings is 1. The van der Waals surface area contributed by atoms with Gasteiger partial charge in [0.1, 0.15) is 11.6 Å². The third-order valence-corrected chi connectivity index (χ3v) is 2.95. The number of ether oxygens (including phenoxy) is 1. The number of aliphatic hydroxyl groups is 1. The van der Waals surface area contributed by atoms with Crippen molar-refractivity contribution in [3.05, 3.63) is 24.0 Å². The maximum absolute atomic E-state index is 9.16. The summed E-state index contributed by atoms with van der Waals surface area (Å²) in [5.74, 6) is 1.61. The van der Waals surface area contributed by atoms with Crippen molar-refractivity contribution in [1.82, 2.24) is 9.55 Å². The van der Waals surface area contributed by atoms with Gasteiger partial charge in [-0.15, -0.1) is 0 Å². The van der Waals surface area contributed by atoms with E-state index in [1.165, 1.54) is 0 Å². The summed E-state index contributed by atoms with van der Waals surface area (Å²) in [4.78, 5) is 4.55. The van der Waals surface area contributed by atoms with E-state index in [4.69, 9.17) is 15.6 Å². The molecule has 0 aliphatic carbocycles. The molecule has 0 aliphatic rings. The Bertz CT molecular complexity index is 549. The van der Waals surface area contributed by atoms with Gasteiger partial charge in [0.05, 0.1) is 30.3 Å². The summed E-state index contributed by atoms with van der Waals surface area (Å²) in [5.41, 5.74) is 7.76. The van der Waals surface area contributed by atoms with Crippen molar-refractivity contribution in [3.63, 3.8) is 0 Å². The average molecular weight is 263 g/mol. The lowest BCUT2D eigenvalue weighted by Gasteiger charge is -2.09. The normalized spacial score (nSPS) is 12.8. The number of aliphatic hydroxyl groups excluding tert-OH is 1. The molecule has 0 amide bonds. The van der Waals surface area contributed by atoms with Crippen LogP contribution in [0.4, 0.5) is 0 Å². The minimum Gasteiger partial charge on any atom is -0.494 e. The highest BCUT2D eigenvalue weighted by molar-refractivity contribution is 5.78. The van der Waals surface area contributed by atoms with Crippen molar-refractivity contribution < 1.29 is 9.84 Å². The molecule has 2 rings (SSSR count). The highest BCUT2D eigenvalue weighted by Crippen LogP contribution is 2.24. The van der Waals surface area contributed by atoms with Gasteiger partial charge in [0, 0.05) is 12.6 Å². The van der Waals surface area contributed by atoms with E-state index in [1.54, 1.807) is 0 Å². The van der Waals surface area contributed by atoms with Gasteiger partial charge >= 0.3 is 0 Å². The number of rotatable bonds is 6. The maximum atomic E-state index is 9.16. The molecule has 0 saturated carbocycles.